The lowest BCUT2D eigenvalue weighted by molar-refractivity contribution is -0.116. The zero-order valence-corrected chi connectivity index (χ0v) is 19.5. The van der Waals surface area contributed by atoms with E-state index in [2.05, 4.69) is 24.1 Å². The summed E-state index contributed by atoms with van der Waals surface area (Å²) in [4.78, 5) is 31.5. The van der Waals surface area contributed by atoms with Crippen molar-refractivity contribution in [3.63, 3.8) is 0 Å². The Morgan fingerprint density at radius 3 is 2.37 bits per heavy atom. The van der Waals surface area contributed by atoms with Crippen molar-refractivity contribution < 1.29 is 9.59 Å². The molecule has 0 spiro atoms. The molecule has 2 rings (SSSR count). The molecule has 0 unspecified atom stereocenters. The van der Waals surface area contributed by atoms with Crippen molar-refractivity contribution in [1.29, 1.82) is 0 Å². The molecule has 1 heterocycles. The van der Waals surface area contributed by atoms with E-state index in [1.807, 2.05) is 42.1 Å². The SMILES string of the molecule is CC(=O)N1CCCCCCCN(C(C)C)Cc2cc(C(=O)NCCN(C)C)ccc21. The highest BCUT2D eigenvalue weighted by molar-refractivity contribution is 5.97. The zero-order chi connectivity index (χ0) is 22.1. The van der Waals surface area contributed by atoms with E-state index in [1.165, 1.54) is 19.3 Å². The van der Waals surface area contributed by atoms with Crippen LogP contribution < -0.4 is 10.2 Å². The van der Waals surface area contributed by atoms with Crippen molar-refractivity contribution in [1.82, 2.24) is 15.1 Å². The molecular formula is C24H40N4O2. The summed E-state index contributed by atoms with van der Waals surface area (Å²) >= 11 is 0. The fraction of sp³-hybridized carbons (Fsp3) is 0.667. The van der Waals surface area contributed by atoms with E-state index in [0.29, 0.717) is 18.2 Å². The van der Waals surface area contributed by atoms with Gasteiger partial charge >= 0.3 is 0 Å². The normalized spacial score (nSPS) is 16.7. The van der Waals surface area contributed by atoms with E-state index in [0.717, 1.165) is 50.3 Å². The Morgan fingerprint density at radius 2 is 1.73 bits per heavy atom. The van der Waals surface area contributed by atoms with Gasteiger partial charge in [-0.15, -0.1) is 0 Å². The van der Waals surface area contributed by atoms with Crippen LogP contribution in [0.2, 0.25) is 0 Å². The fourth-order valence-electron chi connectivity index (χ4n) is 3.91. The summed E-state index contributed by atoms with van der Waals surface area (Å²) in [7, 11) is 3.98. The first kappa shape index (κ1) is 24.4. The highest BCUT2D eigenvalue weighted by Crippen LogP contribution is 2.26. The van der Waals surface area contributed by atoms with Crippen LogP contribution in [0.15, 0.2) is 18.2 Å². The van der Waals surface area contributed by atoms with Crippen molar-refractivity contribution in [2.24, 2.45) is 0 Å². The lowest BCUT2D eigenvalue weighted by Gasteiger charge is -2.31. The van der Waals surface area contributed by atoms with Crippen LogP contribution in [0.4, 0.5) is 5.69 Å². The molecule has 1 aromatic rings. The highest BCUT2D eigenvalue weighted by atomic mass is 16.2. The van der Waals surface area contributed by atoms with Crippen LogP contribution in [-0.2, 0) is 11.3 Å². The minimum absolute atomic E-state index is 0.0590. The van der Waals surface area contributed by atoms with Gasteiger partial charge in [-0.05, 0) is 71.1 Å². The van der Waals surface area contributed by atoms with Gasteiger partial charge in [-0.25, -0.2) is 0 Å². The lowest BCUT2D eigenvalue weighted by atomic mass is 10.0. The summed E-state index contributed by atoms with van der Waals surface area (Å²) in [5, 5.41) is 3.00. The van der Waals surface area contributed by atoms with E-state index in [-0.39, 0.29) is 11.8 Å². The molecule has 0 fully saturated rings. The Morgan fingerprint density at radius 1 is 1.07 bits per heavy atom. The molecule has 0 bridgehead atoms. The number of fused-ring (bicyclic) bond motifs is 1. The van der Waals surface area contributed by atoms with Gasteiger partial charge in [-0.3, -0.25) is 14.5 Å². The van der Waals surface area contributed by atoms with Crippen molar-refractivity contribution in [3.05, 3.63) is 29.3 Å². The van der Waals surface area contributed by atoms with E-state index < -0.39 is 0 Å². The predicted octanol–water partition coefficient (Wildman–Crippen LogP) is 3.51. The molecule has 1 aromatic carbocycles. The maximum Gasteiger partial charge on any atom is 0.251 e. The van der Waals surface area contributed by atoms with Crippen molar-refractivity contribution in [3.8, 4) is 0 Å². The minimum Gasteiger partial charge on any atom is -0.351 e. The summed E-state index contributed by atoms with van der Waals surface area (Å²) in [6.07, 6.45) is 5.79. The number of hydrogen-bond donors (Lipinski definition) is 1. The molecule has 0 saturated carbocycles. The number of carbonyl (C=O) groups excluding carboxylic acids is 2. The lowest BCUT2D eigenvalue weighted by Crippen LogP contribution is -2.35. The van der Waals surface area contributed by atoms with Crippen LogP contribution in [0.3, 0.4) is 0 Å². The van der Waals surface area contributed by atoms with Crippen molar-refractivity contribution >= 4 is 17.5 Å². The summed E-state index contributed by atoms with van der Waals surface area (Å²) < 4.78 is 0. The molecule has 0 aromatic heterocycles. The molecule has 0 aliphatic carbocycles. The average Bonchev–Trinajstić information content (AvgIpc) is 2.67. The Bertz CT molecular complexity index is 702. The van der Waals surface area contributed by atoms with Crippen LogP contribution in [-0.4, -0.2) is 67.9 Å². The van der Waals surface area contributed by atoms with Crippen molar-refractivity contribution in [2.45, 2.75) is 65.5 Å². The third kappa shape index (κ3) is 7.40. The van der Waals surface area contributed by atoms with Gasteiger partial charge in [0.15, 0.2) is 0 Å². The number of benzene rings is 1. The van der Waals surface area contributed by atoms with Gasteiger partial charge in [0.05, 0.1) is 0 Å². The third-order valence-electron chi connectivity index (χ3n) is 5.79. The van der Waals surface area contributed by atoms with E-state index in [4.69, 9.17) is 0 Å². The van der Waals surface area contributed by atoms with Gasteiger partial charge < -0.3 is 15.1 Å². The molecule has 0 saturated heterocycles. The summed E-state index contributed by atoms with van der Waals surface area (Å²) in [5.74, 6) is 0.00355. The summed E-state index contributed by atoms with van der Waals surface area (Å²) in [6.45, 7) is 10.00. The van der Waals surface area contributed by atoms with Crippen LogP contribution in [0.5, 0.6) is 0 Å². The predicted molar refractivity (Wildman–Crippen MR) is 124 cm³/mol. The number of likely N-dealkylation sites (N-methyl/N-ethyl adjacent to an activating group) is 1. The molecule has 0 radical (unpaired) electrons. The van der Waals surface area contributed by atoms with Gasteiger partial charge in [0, 0.05) is 50.4 Å². The average molecular weight is 417 g/mol. The van der Waals surface area contributed by atoms with Gasteiger partial charge in [-0.1, -0.05) is 19.3 Å². The van der Waals surface area contributed by atoms with E-state index in [9.17, 15) is 9.59 Å². The molecule has 6 heteroatoms. The third-order valence-corrected chi connectivity index (χ3v) is 5.79. The molecule has 6 nitrogen and oxygen atoms in total. The minimum atomic E-state index is -0.0590. The molecular weight excluding hydrogens is 376 g/mol. The number of anilines is 1. The molecule has 1 N–H and O–H groups in total. The van der Waals surface area contributed by atoms with Crippen LogP contribution >= 0.6 is 0 Å². The number of hydrogen-bond acceptors (Lipinski definition) is 4. The number of amides is 2. The fourth-order valence-corrected chi connectivity index (χ4v) is 3.91. The Hall–Kier alpha value is -1.92. The quantitative estimate of drug-likeness (QED) is 0.798. The second-order valence-corrected chi connectivity index (χ2v) is 8.91. The molecule has 1 aliphatic rings. The number of rotatable bonds is 5. The van der Waals surface area contributed by atoms with Gasteiger partial charge in [0.1, 0.15) is 0 Å². The Labute approximate surface area is 182 Å². The standard InChI is InChI=1S/C24H40N4O2/c1-19(2)27-14-9-7-6-8-10-15-28(20(3)29)23-12-11-21(17-22(23)18-27)24(30)25-13-16-26(4)5/h11-12,17,19H,6-10,13-16,18H2,1-5H3,(H,25,30). The smallest absolute Gasteiger partial charge is 0.251 e. The monoisotopic (exact) mass is 416 g/mol. The second kappa shape index (κ2) is 12.1. The number of nitrogens with zero attached hydrogens (tertiary/aromatic N) is 3. The molecule has 0 atom stereocenters. The first-order chi connectivity index (χ1) is 14.3. The largest absolute Gasteiger partial charge is 0.351 e. The molecule has 30 heavy (non-hydrogen) atoms. The highest BCUT2D eigenvalue weighted by Gasteiger charge is 2.20. The second-order valence-electron chi connectivity index (χ2n) is 8.91. The Kier molecular flexibility index (Phi) is 9.79. The maximum atomic E-state index is 12.7. The molecule has 1 aliphatic heterocycles. The van der Waals surface area contributed by atoms with Crippen LogP contribution in [0.25, 0.3) is 0 Å². The molecule has 2 amide bonds. The van der Waals surface area contributed by atoms with E-state index >= 15 is 0 Å². The van der Waals surface area contributed by atoms with E-state index in [1.54, 1.807) is 6.92 Å². The zero-order valence-electron chi connectivity index (χ0n) is 19.5. The summed E-state index contributed by atoms with van der Waals surface area (Å²) in [5.41, 5.74) is 2.66. The van der Waals surface area contributed by atoms with Gasteiger partial charge in [-0.2, -0.15) is 0 Å². The van der Waals surface area contributed by atoms with Crippen LogP contribution in [0, 0.1) is 0 Å². The van der Waals surface area contributed by atoms with Gasteiger partial charge in [0.25, 0.3) is 5.91 Å². The molecule has 168 valence electrons. The number of nitrogens with one attached hydrogen (secondary N) is 1. The first-order valence-corrected chi connectivity index (χ1v) is 11.4. The topological polar surface area (TPSA) is 55.9 Å². The Balaban J connectivity index is 2.35. The van der Waals surface area contributed by atoms with Crippen LogP contribution in [0.1, 0.15) is 68.8 Å². The summed E-state index contributed by atoms with van der Waals surface area (Å²) in [6, 6.07) is 6.20. The van der Waals surface area contributed by atoms with Crippen molar-refractivity contribution in [2.75, 3.05) is 45.2 Å². The maximum absolute atomic E-state index is 12.7. The number of carbonyl (C=O) groups is 2. The first-order valence-electron chi connectivity index (χ1n) is 11.4. The van der Waals surface area contributed by atoms with Gasteiger partial charge in [0.2, 0.25) is 5.91 Å².